The van der Waals surface area contributed by atoms with Gasteiger partial charge in [-0.3, -0.25) is 9.36 Å². The van der Waals surface area contributed by atoms with Gasteiger partial charge in [-0.2, -0.15) is 5.10 Å². The van der Waals surface area contributed by atoms with Gasteiger partial charge in [-0.05, 0) is 90.5 Å². The lowest BCUT2D eigenvalue weighted by molar-refractivity contribution is -0.120. The van der Waals surface area contributed by atoms with E-state index in [0.717, 1.165) is 22.8 Å². The SMILES string of the molecule is COc1ccc(O)c(/C=N\NC(=O)[C@H](C)Sc2nnc(CNc3ccc(I)cc3C)n2-c2ccccc2)c1. The molecule has 196 valence electrons. The number of phenols is 1. The number of para-hydroxylation sites is 1. The van der Waals surface area contributed by atoms with E-state index in [-0.39, 0.29) is 11.7 Å². The van der Waals surface area contributed by atoms with Crippen LogP contribution in [0, 0.1) is 10.5 Å². The summed E-state index contributed by atoms with van der Waals surface area (Å²) in [6.07, 6.45) is 1.37. The van der Waals surface area contributed by atoms with E-state index < -0.39 is 5.25 Å². The first kappa shape index (κ1) is 27.5. The number of nitrogens with zero attached hydrogens (tertiary/aromatic N) is 4. The van der Waals surface area contributed by atoms with Gasteiger partial charge < -0.3 is 15.2 Å². The highest BCUT2D eigenvalue weighted by molar-refractivity contribution is 14.1. The van der Waals surface area contributed by atoms with Crippen LogP contribution < -0.4 is 15.5 Å². The molecule has 0 saturated heterocycles. The Balaban J connectivity index is 1.48. The zero-order chi connectivity index (χ0) is 27.1. The third-order valence-electron chi connectivity index (χ3n) is 5.60. The maximum absolute atomic E-state index is 12.8. The summed E-state index contributed by atoms with van der Waals surface area (Å²) in [5.74, 6) is 1.01. The molecule has 3 aromatic carbocycles. The standard InChI is InChI=1S/C27H27IN6O3S/c1-17-13-20(28)9-11-23(17)29-16-25-31-33-27(34(25)21-7-5-4-6-8-21)38-18(2)26(36)32-30-15-19-14-22(37-3)10-12-24(19)35/h4-15,18,29,35H,16H2,1-3H3,(H,32,36)/b30-15-/t18-/m0/s1. The number of ether oxygens (including phenoxy) is 1. The first-order valence-electron chi connectivity index (χ1n) is 11.7. The number of amides is 1. The molecule has 0 unspecified atom stereocenters. The minimum atomic E-state index is -0.517. The maximum Gasteiger partial charge on any atom is 0.253 e. The number of benzene rings is 3. The summed E-state index contributed by atoms with van der Waals surface area (Å²) in [7, 11) is 1.53. The van der Waals surface area contributed by atoms with Crippen LogP contribution >= 0.6 is 34.4 Å². The maximum atomic E-state index is 12.8. The average molecular weight is 643 g/mol. The van der Waals surface area contributed by atoms with Crippen molar-refractivity contribution in [3.8, 4) is 17.2 Å². The Kier molecular flexibility index (Phi) is 9.24. The molecule has 1 amide bonds. The molecule has 3 N–H and O–H groups in total. The number of nitrogens with one attached hydrogen (secondary N) is 2. The minimum absolute atomic E-state index is 0.0313. The third-order valence-corrected chi connectivity index (χ3v) is 7.32. The van der Waals surface area contributed by atoms with E-state index in [0.29, 0.717) is 23.0 Å². The molecule has 0 spiro atoms. The highest BCUT2D eigenvalue weighted by Gasteiger charge is 2.21. The number of aromatic nitrogens is 3. The molecule has 1 aromatic heterocycles. The quantitative estimate of drug-likeness (QED) is 0.0951. The molecule has 38 heavy (non-hydrogen) atoms. The molecule has 11 heteroatoms. The van der Waals surface area contributed by atoms with Crippen LogP contribution in [0.25, 0.3) is 5.69 Å². The number of halogens is 1. The van der Waals surface area contributed by atoms with Crippen molar-refractivity contribution in [2.24, 2.45) is 5.10 Å². The van der Waals surface area contributed by atoms with Crippen LogP contribution in [0.2, 0.25) is 0 Å². The lowest BCUT2D eigenvalue weighted by atomic mass is 10.2. The predicted octanol–water partition coefficient (Wildman–Crippen LogP) is 5.14. The molecule has 9 nitrogen and oxygen atoms in total. The van der Waals surface area contributed by atoms with Crippen molar-refractivity contribution in [1.29, 1.82) is 0 Å². The molecule has 0 aliphatic heterocycles. The van der Waals surface area contributed by atoms with Gasteiger partial charge >= 0.3 is 0 Å². The second kappa shape index (κ2) is 12.8. The fourth-order valence-corrected chi connectivity index (χ4v) is 5.09. The Hall–Kier alpha value is -3.58. The molecule has 1 heterocycles. The number of anilines is 1. The first-order valence-corrected chi connectivity index (χ1v) is 13.7. The topological polar surface area (TPSA) is 114 Å². The monoisotopic (exact) mass is 642 g/mol. The second-order valence-corrected chi connectivity index (χ2v) is 10.9. The number of hydrogen-bond acceptors (Lipinski definition) is 8. The normalized spacial score (nSPS) is 11.9. The molecular weight excluding hydrogens is 615 g/mol. The zero-order valence-corrected chi connectivity index (χ0v) is 24.0. The van der Waals surface area contributed by atoms with Crippen molar-refractivity contribution in [2.45, 2.75) is 30.8 Å². The molecule has 4 rings (SSSR count). The zero-order valence-electron chi connectivity index (χ0n) is 21.1. The van der Waals surface area contributed by atoms with E-state index in [9.17, 15) is 9.90 Å². The Bertz CT molecular complexity index is 1440. The van der Waals surface area contributed by atoms with Gasteiger partial charge in [-0.1, -0.05) is 30.0 Å². The number of methoxy groups -OCH3 is 1. The van der Waals surface area contributed by atoms with Gasteiger partial charge in [0, 0.05) is 20.5 Å². The number of rotatable bonds is 10. The van der Waals surface area contributed by atoms with Crippen LogP contribution in [0.15, 0.2) is 77.0 Å². The summed E-state index contributed by atoms with van der Waals surface area (Å²) in [6.45, 7) is 4.29. The number of carbonyl (C=O) groups excluding carboxylic acids is 1. The van der Waals surface area contributed by atoms with Crippen molar-refractivity contribution in [2.75, 3.05) is 12.4 Å². The van der Waals surface area contributed by atoms with Gasteiger partial charge in [0.2, 0.25) is 0 Å². The molecule has 0 aliphatic carbocycles. The van der Waals surface area contributed by atoms with Crippen LogP contribution in [-0.2, 0) is 11.3 Å². The van der Waals surface area contributed by atoms with Gasteiger partial charge in [0.1, 0.15) is 11.5 Å². The van der Waals surface area contributed by atoms with Gasteiger partial charge in [0.15, 0.2) is 11.0 Å². The van der Waals surface area contributed by atoms with Gasteiger partial charge in [0.25, 0.3) is 5.91 Å². The van der Waals surface area contributed by atoms with Crippen molar-refractivity contribution in [3.63, 3.8) is 0 Å². The van der Waals surface area contributed by atoms with Crippen LogP contribution in [0.4, 0.5) is 5.69 Å². The lowest BCUT2D eigenvalue weighted by Gasteiger charge is -2.14. The fraction of sp³-hybridized carbons (Fsp3) is 0.185. The van der Waals surface area contributed by atoms with Gasteiger partial charge in [0.05, 0.1) is 25.1 Å². The van der Waals surface area contributed by atoms with E-state index >= 15 is 0 Å². The van der Waals surface area contributed by atoms with Crippen LogP contribution in [0.3, 0.4) is 0 Å². The molecule has 0 saturated carbocycles. The van der Waals surface area contributed by atoms with Crippen LogP contribution in [0.1, 0.15) is 23.9 Å². The number of carbonyl (C=O) groups is 1. The van der Waals surface area contributed by atoms with E-state index in [2.05, 4.69) is 67.7 Å². The number of thioether (sulfide) groups is 1. The van der Waals surface area contributed by atoms with Gasteiger partial charge in [-0.15, -0.1) is 10.2 Å². The largest absolute Gasteiger partial charge is 0.507 e. The highest BCUT2D eigenvalue weighted by atomic mass is 127. The summed E-state index contributed by atoms with van der Waals surface area (Å²) in [4.78, 5) is 12.8. The van der Waals surface area contributed by atoms with Crippen molar-refractivity contribution < 1.29 is 14.6 Å². The summed E-state index contributed by atoms with van der Waals surface area (Å²) in [6, 6.07) is 20.8. The highest BCUT2D eigenvalue weighted by Crippen LogP contribution is 2.27. The Morgan fingerprint density at radius 1 is 1.18 bits per heavy atom. The Morgan fingerprint density at radius 2 is 1.97 bits per heavy atom. The number of hydrogen-bond donors (Lipinski definition) is 3. The summed E-state index contributed by atoms with van der Waals surface area (Å²) in [5, 5.41) is 26.3. The molecule has 0 radical (unpaired) electrons. The van der Waals surface area contributed by atoms with Gasteiger partial charge in [-0.25, -0.2) is 5.43 Å². The predicted molar refractivity (Wildman–Crippen MR) is 158 cm³/mol. The van der Waals surface area contributed by atoms with Crippen molar-refractivity contribution in [3.05, 3.63) is 87.3 Å². The molecule has 4 aromatic rings. The van der Waals surface area contributed by atoms with E-state index in [4.69, 9.17) is 4.74 Å². The lowest BCUT2D eigenvalue weighted by Crippen LogP contribution is -2.27. The molecule has 0 fully saturated rings. The van der Waals surface area contributed by atoms with E-state index in [1.807, 2.05) is 41.0 Å². The van der Waals surface area contributed by atoms with E-state index in [1.54, 1.807) is 19.1 Å². The van der Waals surface area contributed by atoms with Crippen molar-refractivity contribution >= 4 is 52.2 Å². The van der Waals surface area contributed by atoms with E-state index in [1.165, 1.54) is 34.7 Å². The number of hydrazone groups is 1. The molecule has 1 atom stereocenters. The second-order valence-electron chi connectivity index (χ2n) is 8.30. The fourth-order valence-electron chi connectivity index (χ4n) is 3.56. The van der Waals surface area contributed by atoms with Crippen molar-refractivity contribution in [1.82, 2.24) is 20.2 Å². The molecule has 0 aliphatic rings. The number of aryl methyl sites for hydroxylation is 1. The molecular formula is C27H27IN6O3S. The summed E-state index contributed by atoms with van der Waals surface area (Å²) >= 11 is 3.58. The number of aromatic hydroxyl groups is 1. The number of phenolic OH excluding ortho intramolecular Hbond substituents is 1. The summed E-state index contributed by atoms with van der Waals surface area (Å²) in [5.41, 5.74) is 6.02. The summed E-state index contributed by atoms with van der Waals surface area (Å²) < 4.78 is 8.28. The van der Waals surface area contributed by atoms with Crippen LogP contribution in [0.5, 0.6) is 11.5 Å². The average Bonchev–Trinajstić information content (AvgIpc) is 3.31. The van der Waals surface area contributed by atoms with Crippen LogP contribution in [-0.4, -0.2) is 44.4 Å². The molecule has 0 bridgehead atoms. The third kappa shape index (κ3) is 6.84. The Labute approximate surface area is 238 Å². The Morgan fingerprint density at radius 3 is 2.71 bits per heavy atom. The minimum Gasteiger partial charge on any atom is -0.507 e. The smallest absolute Gasteiger partial charge is 0.253 e. The first-order chi connectivity index (χ1) is 18.4.